The normalized spacial score (nSPS) is 13.0. The minimum Gasteiger partial charge on any atom is -0.481 e. The Hall–Kier alpha value is -2.94. The zero-order chi connectivity index (χ0) is 21.7. The maximum Gasteiger partial charge on any atom is 0.277 e. The molecule has 0 saturated carbocycles. The molecule has 2 unspecified atom stereocenters. The number of ether oxygens (including phenoxy) is 1. The highest BCUT2D eigenvalue weighted by Crippen LogP contribution is 2.27. The molecule has 0 bridgehead atoms. The lowest BCUT2D eigenvalue weighted by Gasteiger charge is -2.20. The lowest BCUT2D eigenvalue weighted by molar-refractivity contribution is -0.129. The van der Waals surface area contributed by atoms with Crippen molar-refractivity contribution < 1.29 is 22.7 Å². The van der Waals surface area contributed by atoms with Crippen LogP contribution in [0.15, 0.2) is 58.2 Å². The SMILES string of the molecule is CC(Sc1nnc(C(C)Oc2ccc(F)cc2)o1)C(=O)N(C)Cc1cccc(F)c1. The molecule has 0 aliphatic carbocycles. The van der Waals surface area contributed by atoms with Crippen LogP contribution in [-0.2, 0) is 11.3 Å². The molecule has 0 aliphatic heterocycles. The number of rotatable bonds is 8. The molecule has 1 amide bonds. The van der Waals surface area contributed by atoms with Gasteiger partial charge in [0.15, 0.2) is 6.10 Å². The maximum absolute atomic E-state index is 13.3. The Morgan fingerprint density at radius 1 is 1.13 bits per heavy atom. The van der Waals surface area contributed by atoms with Crippen molar-refractivity contribution in [3.05, 3.63) is 71.6 Å². The van der Waals surface area contributed by atoms with Gasteiger partial charge in [-0.2, -0.15) is 0 Å². The van der Waals surface area contributed by atoms with Gasteiger partial charge in [-0.15, -0.1) is 10.2 Å². The van der Waals surface area contributed by atoms with Gasteiger partial charge in [0.25, 0.3) is 11.1 Å². The lowest BCUT2D eigenvalue weighted by Crippen LogP contribution is -2.32. The first-order chi connectivity index (χ1) is 14.3. The Labute approximate surface area is 177 Å². The molecule has 9 heteroatoms. The van der Waals surface area contributed by atoms with Crippen LogP contribution >= 0.6 is 11.8 Å². The van der Waals surface area contributed by atoms with Gasteiger partial charge >= 0.3 is 0 Å². The Balaban J connectivity index is 1.56. The summed E-state index contributed by atoms with van der Waals surface area (Å²) in [6, 6.07) is 11.7. The minimum atomic E-state index is -0.543. The summed E-state index contributed by atoms with van der Waals surface area (Å²) in [5, 5.41) is 7.67. The van der Waals surface area contributed by atoms with Crippen LogP contribution in [0.1, 0.15) is 31.4 Å². The second-order valence-electron chi connectivity index (χ2n) is 6.70. The molecule has 1 aromatic heterocycles. The summed E-state index contributed by atoms with van der Waals surface area (Å²) in [5.74, 6) is -0.133. The molecular formula is C21H21F2N3O3S. The number of nitrogens with zero attached hydrogens (tertiary/aromatic N) is 3. The third kappa shape index (κ3) is 5.79. The fraction of sp³-hybridized carbons (Fsp3) is 0.286. The molecule has 2 atom stereocenters. The second-order valence-corrected chi connectivity index (χ2v) is 8.00. The standard InChI is InChI=1S/C21H21F2N3O3S/c1-13(28-18-9-7-16(22)8-10-18)19-24-25-21(29-19)30-14(2)20(27)26(3)12-15-5-4-6-17(23)11-15/h4-11,13-14H,12H2,1-3H3. The van der Waals surface area contributed by atoms with Crippen LogP contribution in [0.3, 0.4) is 0 Å². The number of hydrogen-bond donors (Lipinski definition) is 0. The Bertz CT molecular complexity index is 997. The van der Waals surface area contributed by atoms with E-state index in [4.69, 9.17) is 9.15 Å². The molecule has 0 spiro atoms. The highest BCUT2D eigenvalue weighted by molar-refractivity contribution is 8.00. The minimum absolute atomic E-state index is 0.153. The van der Waals surface area contributed by atoms with Crippen molar-refractivity contribution in [2.45, 2.75) is 37.0 Å². The summed E-state index contributed by atoms with van der Waals surface area (Å²) in [6.07, 6.45) is -0.543. The molecule has 0 saturated heterocycles. The van der Waals surface area contributed by atoms with Gasteiger partial charge in [-0.3, -0.25) is 4.79 Å². The van der Waals surface area contributed by atoms with Crippen LogP contribution in [-0.4, -0.2) is 33.3 Å². The molecule has 3 rings (SSSR count). The van der Waals surface area contributed by atoms with Crippen molar-refractivity contribution in [3.8, 4) is 5.75 Å². The van der Waals surface area contributed by atoms with E-state index < -0.39 is 11.4 Å². The molecule has 0 N–H and O–H groups in total. The number of aromatic nitrogens is 2. The van der Waals surface area contributed by atoms with E-state index in [1.54, 1.807) is 33.0 Å². The van der Waals surface area contributed by atoms with Gasteiger partial charge in [-0.05, 0) is 55.8 Å². The van der Waals surface area contributed by atoms with E-state index in [2.05, 4.69) is 10.2 Å². The van der Waals surface area contributed by atoms with Gasteiger partial charge in [0.2, 0.25) is 5.91 Å². The first-order valence-electron chi connectivity index (χ1n) is 9.23. The fourth-order valence-electron chi connectivity index (χ4n) is 2.70. The summed E-state index contributed by atoms with van der Waals surface area (Å²) in [7, 11) is 1.65. The fourth-order valence-corrected chi connectivity index (χ4v) is 3.50. The van der Waals surface area contributed by atoms with Crippen LogP contribution in [0.25, 0.3) is 0 Å². The Morgan fingerprint density at radius 2 is 1.87 bits per heavy atom. The topological polar surface area (TPSA) is 68.5 Å². The number of halogens is 2. The van der Waals surface area contributed by atoms with Crippen molar-refractivity contribution in [2.24, 2.45) is 0 Å². The number of thioether (sulfide) groups is 1. The van der Waals surface area contributed by atoms with Gasteiger partial charge in [-0.25, -0.2) is 8.78 Å². The van der Waals surface area contributed by atoms with Gasteiger partial charge in [-0.1, -0.05) is 23.9 Å². The zero-order valence-corrected chi connectivity index (χ0v) is 17.5. The summed E-state index contributed by atoms with van der Waals surface area (Å²) in [5.41, 5.74) is 0.704. The molecule has 2 aromatic carbocycles. The summed E-state index contributed by atoms with van der Waals surface area (Å²) in [6.45, 7) is 3.75. The largest absolute Gasteiger partial charge is 0.481 e. The maximum atomic E-state index is 13.3. The van der Waals surface area contributed by atoms with E-state index >= 15 is 0 Å². The molecule has 1 heterocycles. The summed E-state index contributed by atoms with van der Waals surface area (Å²) in [4.78, 5) is 14.1. The molecule has 3 aromatic rings. The smallest absolute Gasteiger partial charge is 0.277 e. The first kappa shape index (κ1) is 21.8. The van der Waals surface area contributed by atoms with Crippen molar-refractivity contribution in [3.63, 3.8) is 0 Å². The quantitative estimate of drug-likeness (QED) is 0.483. The summed E-state index contributed by atoms with van der Waals surface area (Å²) >= 11 is 1.13. The van der Waals surface area contributed by atoms with E-state index in [9.17, 15) is 13.6 Å². The average Bonchev–Trinajstić information content (AvgIpc) is 3.17. The molecule has 158 valence electrons. The number of hydrogen-bond acceptors (Lipinski definition) is 6. The van der Waals surface area contributed by atoms with E-state index in [-0.39, 0.29) is 28.7 Å². The molecule has 0 aliphatic rings. The van der Waals surface area contributed by atoms with E-state index in [1.807, 2.05) is 0 Å². The molecular weight excluding hydrogens is 412 g/mol. The van der Waals surface area contributed by atoms with Crippen molar-refractivity contribution in [1.29, 1.82) is 0 Å². The number of amides is 1. The van der Waals surface area contributed by atoms with Crippen LogP contribution in [0.4, 0.5) is 8.78 Å². The monoisotopic (exact) mass is 433 g/mol. The molecule has 30 heavy (non-hydrogen) atoms. The predicted octanol–water partition coefficient (Wildman–Crippen LogP) is 4.63. The number of carbonyl (C=O) groups is 1. The van der Waals surface area contributed by atoms with E-state index in [1.165, 1.54) is 41.3 Å². The van der Waals surface area contributed by atoms with Crippen molar-refractivity contribution in [2.75, 3.05) is 7.05 Å². The van der Waals surface area contributed by atoms with Gasteiger partial charge < -0.3 is 14.1 Å². The predicted molar refractivity (Wildman–Crippen MR) is 108 cm³/mol. The third-order valence-corrected chi connectivity index (χ3v) is 5.13. The third-order valence-electron chi connectivity index (χ3n) is 4.21. The highest BCUT2D eigenvalue weighted by atomic mass is 32.2. The summed E-state index contributed by atoms with van der Waals surface area (Å²) < 4.78 is 37.6. The van der Waals surface area contributed by atoms with E-state index in [0.717, 1.165) is 11.8 Å². The Morgan fingerprint density at radius 3 is 2.57 bits per heavy atom. The van der Waals surface area contributed by atoms with Crippen molar-refractivity contribution >= 4 is 17.7 Å². The van der Waals surface area contributed by atoms with Gasteiger partial charge in [0.05, 0.1) is 5.25 Å². The van der Waals surface area contributed by atoms with E-state index in [0.29, 0.717) is 17.9 Å². The molecule has 0 fully saturated rings. The van der Waals surface area contributed by atoms with Crippen LogP contribution in [0.5, 0.6) is 5.75 Å². The second kappa shape index (κ2) is 9.71. The van der Waals surface area contributed by atoms with Crippen LogP contribution in [0.2, 0.25) is 0 Å². The first-order valence-corrected chi connectivity index (χ1v) is 10.1. The zero-order valence-electron chi connectivity index (χ0n) is 16.7. The molecule has 0 radical (unpaired) electrons. The number of carbonyl (C=O) groups excluding carboxylic acids is 1. The molecule has 6 nitrogen and oxygen atoms in total. The number of benzene rings is 2. The highest BCUT2D eigenvalue weighted by Gasteiger charge is 2.23. The van der Waals surface area contributed by atoms with Crippen molar-refractivity contribution in [1.82, 2.24) is 15.1 Å². The van der Waals surface area contributed by atoms with Crippen LogP contribution < -0.4 is 4.74 Å². The average molecular weight is 433 g/mol. The van der Waals surface area contributed by atoms with Crippen LogP contribution in [0, 0.1) is 11.6 Å². The lowest BCUT2D eigenvalue weighted by atomic mass is 10.2. The van der Waals surface area contributed by atoms with Gasteiger partial charge in [0, 0.05) is 13.6 Å². The van der Waals surface area contributed by atoms with Gasteiger partial charge in [0.1, 0.15) is 17.4 Å². The Kier molecular flexibility index (Phi) is 7.04.